The average Bonchev–Trinajstić information content (AvgIpc) is 2.79. The van der Waals surface area contributed by atoms with Gasteiger partial charge in [-0.3, -0.25) is 4.79 Å². The summed E-state index contributed by atoms with van der Waals surface area (Å²) in [5.41, 5.74) is 1.57. The van der Waals surface area contributed by atoms with Crippen molar-refractivity contribution in [1.82, 2.24) is 0 Å². The molecule has 0 saturated heterocycles. The van der Waals surface area contributed by atoms with Crippen LogP contribution in [0.2, 0.25) is 5.02 Å². The van der Waals surface area contributed by atoms with Crippen LogP contribution in [0.25, 0.3) is 6.08 Å². The van der Waals surface area contributed by atoms with Crippen LogP contribution in [-0.4, -0.2) is 5.78 Å². The first-order chi connectivity index (χ1) is 7.77. The number of ketones is 1. The molecule has 0 atom stereocenters. The summed E-state index contributed by atoms with van der Waals surface area (Å²) in [5.74, 6) is -0.0724. The largest absolute Gasteiger partial charge is 0.289 e. The van der Waals surface area contributed by atoms with E-state index in [2.05, 4.69) is 0 Å². The van der Waals surface area contributed by atoms with Crippen LogP contribution in [0.15, 0.2) is 47.2 Å². The van der Waals surface area contributed by atoms with Crippen molar-refractivity contribution < 1.29 is 4.79 Å². The molecule has 2 aromatic rings. The summed E-state index contributed by atoms with van der Waals surface area (Å²) in [7, 11) is 0. The van der Waals surface area contributed by atoms with Crippen LogP contribution in [0.1, 0.15) is 15.9 Å². The maximum atomic E-state index is 11.8. The van der Waals surface area contributed by atoms with E-state index in [0.717, 1.165) is 5.56 Å². The van der Waals surface area contributed by atoms with Crippen molar-refractivity contribution in [3.8, 4) is 0 Å². The minimum absolute atomic E-state index is 0.0724. The number of thiophene rings is 1. The normalized spacial score (nSPS) is 10.8. The van der Waals surface area contributed by atoms with E-state index in [4.69, 9.17) is 11.6 Å². The zero-order chi connectivity index (χ0) is 11.4. The molecule has 0 N–H and O–H groups in total. The molecule has 0 aliphatic carbocycles. The second kappa shape index (κ2) is 5.10. The van der Waals surface area contributed by atoms with Crippen molar-refractivity contribution >= 4 is 34.8 Å². The maximum Gasteiger partial charge on any atom is 0.187 e. The molecule has 0 fully saturated rings. The standard InChI is InChI=1S/C13H9ClOS/c14-12-4-2-1-3-11(12)13(15)6-5-10-7-8-16-9-10/h1-9H/b6-5+. The van der Waals surface area contributed by atoms with E-state index in [1.165, 1.54) is 0 Å². The summed E-state index contributed by atoms with van der Waals surface area (Å²) < 4.78 is 0. The van der Waals surface area contributed by atoms with Gasteiger partial charge in [-0.1, -0.05) is 29.8 Å². The topological polar surface area (TPSA) is 17.1 Å². The summed E-state index contributed by atoms with van der Waals surface area (Å²) in [6.45, 7) is 0. The molecule has 1 aromatic heterocycles. The number of hydrogen-bond donors (Lipinski definition) is 0. The Balaban J connectivity index is 2.18. The van der Waals surface area contributed by atoms with Gasteiger partial charge in [0.2, 0.25) is 0 Å². The number of rotatable bonds is 3. The summed E-state index contributed by atoms with van der Waals surface area (Å²) in [4.78, 5) is 11.8. The monoisotopic (exact) mass is 248 g/mol. The quantitative estimate of drug-likeness (QED) is 0.585. The van der Waals surface area contributed by atoms with Crippen molar-refractivity contribution in [2.45, 2.75) is 0 Å². The molecule has 0 bridgehead atoms. The number of benzene rings is 1. The summed E-state index contributed by atoms with van der Waals surface area (Å²) >= 11 is 7.53. The van der Waals surface area contributed by atoms with Gasteiger partial charge in [0.25, 0.3) is 0 Å². The third kappa shape index (κ3) is 2.60. The Morgan fingerprint density at radius 2 is 2.06 bits per heavy atom. The lowest BCUT2D eigenvalue weighted by molar-refractivity contribution is 0.104. The zero-order valence-electron chi connectivity index (χ0n) is 8.39. The SMILES string of the molecule is O=C(/C=C/c1ccsc1)c1ccccc1Cl. The zero-order valence-corrected chi connectivity index (χ0v) is 9.96. The second-order valence-electron chi connectivity index (χ2n) is 3.23. The van der Waals surface area contributed by atoms with Gasteiger partial charge in [0, 0.05) is 5.56 Å². The Kier molecular flexibility index (Phi) is 3.54. The first kappa shape index (κ1) is 11.1. The van der Waals surface area contributed by atoms with Crippen LogP contribution < -0.4 is 0 Å². The second-order valence-corrected chi connectivity index (χ2v) is 4.42. The molecule has 1 heterocycles. The lowest BCUT2D eigenvalue weighted by Gasteiger charge is -1.97. The molecule has 3 heteroatoms. The highest BCUT2D eigenvalue weighted by molar-refractivity contribution is 7.08. The molecule has 0 spiro atoms. The van der Waals surface area contributed by atoms with E-state index >= 15 is 0 Å². The van der Waals surface area contributed by atoms with Crippen molar-refractivity contribution in [1.29, 1.82) is 0 Å². The third-order valence-electron chi connectivity index (χ3n) is 2.11. The summed E-state index contributed by atoms with van der Waals surface area (Å²) in [6, 6.07) is 9.01. The van der Waals surface area contributed by atoms with E-state index in [-0.39, 0.29) is 5.78 Å². The Hall–Kier alpha value is -1.38. The minimum Gasteiger partial charge on any atom is -0.289 e. The van der Waals surface area contributed by atoms with Gasteiger partial charge in [-0.25, -0.2) is 0 Å². The Labute approximate surface area is 103 Å². The van der Waals surface area contributed by atoms with Crippen molar-refractivity contribution in [2.24, 2.45) is 0 Å². The van der Waals surface area contributed by atoms with Crippen LogP contribution in [0.4, 0.5) is 0 Å². The molecular weight excluding hydrogens is 240 g/mol. The highest BCUT2D eigenvalue weighted by Crippen LogP contribution is 2.16. The van der Waals surface area contributed by atoms with Gasteiger partial charge in [-0.2, -0.15) is 11.3 Å². The molecule has 16 heavy (non-hydrogen) atoms. The molecule has 0 radical (unpaired) electrons. The third-order valence-corrected chi connectivity index (χ3v) is 3.14. The number of allylic oxidation sites excluding steroid dienone is 1. The Morgan fingerprint density at radius 1 is 1.25 bits per heavy atom. The first-order valence-electron chi connectivity index (χ1n) is 4.76. The minimum atomic E-state index is -0.0724. The molecule has 80 valence electrons. The van der Waals surface area contributed by atoms with Gasteiger partial charge in [0.15, 0.2) is 5.78 Å². The number of carbonyl (C=O) groups is 1. The van der Waals surface area contributed by atoms with Crippen LogP contribution >= 0.6 is 22.9 Å². The van der Waals surface area contributed by atoms with Crippen LogP contribution in [0.3, 0.4) is 0 Å². The maximum absolute atomic E-state index is 11.8. The van der Waals surface area contributed by atoms with Gasteiger partial charge >= 0.3 is 0 Å². The Morgan fingerprint density at radius 3 is 2.75 bits per heavy atom. The highest BCUT2D eigenvalue weighted by Gasteiger charge is 2.05. The first-order valence-corrected chi connectivity index (χ1v) is 6.08. The summed E-state index contributed by atoms with van der Waals surface area (Å²) in [5, 5.41) is 4.44. The number of halogens is 1. The molecule has 0 aliphatic heterocycles. The highest BCUT2D eigenvalue weighted by atomic mass is 35.5. The van der Waals surface area contributed by atoms with Crippen molar-refractivity contribution in [3.05, 3.63) is 63.3 Å². The molecular formula is C13H9ClOS. The summed E-state index contributed by atoms with van der Waals surface area (Å²) in [6.07, 6.45) is 3.34. The number of hydrogen-bond acceptors (Lipinski definition) is 2. The number of carbonyl (C=O) groups excluding carboxylic acids is 1. The van der Waals surface area contributed by atoms with E-state index < -0.39 is 0 Å². The van der Waals surface area contributed by atoms with E-state index in [1.807, 2.05) is 22.9 Å². The molecule has 2 rings (SSSR count). The van der Waals surface area contributed by atoms with Gasteiger partial charge in [0.1, 0.15) is 0 Å². The lowest BCUT2D eigenvalue weighted by Crippen LogP contribution is -1.94. The molecule has 0 saturated carbocycles. The van der Waals surface area contributed by atoms with Crippen LogP contribution in [-0.2, 0) is 0 Å². The Bertz CT molecular complexity index is 514. The van der Waals surface area contributed by atoms with Crippen molar-refractivity contribution in [2.75, 3.05) is 0 Å². The fraction of sp³-hybridized carbons (Fsp3) is 0. The van der Waals surface area contributed by atoms with Crippen LogP contribution in [0, 0.1) is 0 Å². The van der Waals surface area contributed by atoms with E-state index in [9.17, 15) is 4.79 Å². The van der Waals surface area contributed by atoms with Crippen molar-refractivity contribution in [3.63, 3.8) is 0 Å². The molecule has 0 amide bonds. The van der Waals surface area contributed by atoms with Gasteiger partial charge in [-0.05, 0) is 40.6 Å². The van der Waals surface area contributed by atoms with Gasteiger partial charge < -0.3 is 0 Å². The fourth-order valence-corrected chi connectivity index (χ4v) is 2.15. The van der Waals surface area contributed by atoms with Gasteiger partial charge in [0.05, 0.1) is 5.02 Å². The fourth-order valence-electron chi connectivity index (χ4n) is 1.29. The molecule has 1 nitrogen and oxygen atoms in total. The predicted octanol–water partition coefficient (Wildman–Crippen LogP) is 4.30. The lowest BCUT2D eigenvalue weighted by atomic mass is 10.1. The molecule has 0 unspecified atom stereocenters. The average molecular weight is 249 g/mol. The van der Waals surface area contributed by atoms with E-state index in [0.29, 0.717) is 10.6 Å². The van der Waals surface area contributed by atoms with Gasteiger partial charge in [-0.15, -0.1) is 0 Å². The molecule has 1 aromatic carbocycles. The predicted molar refractivity (Wildman–Crippen MR) is 69.1 cm³/mol. The van der Waals surface area contributed by atoms with E-state index in [1.54, 1.807) is 41.7 Å². The smallest absolute Gasteiger partial charge is 0.187 e. The van der Waals surface area contributed by atoms with Crippen LogP contribution in [0.5, 0.6) is 0 Å². The molecule has 0 aliphatic rings.